The second-order valence-electron chi connectivity index (χ2n) is 8.04. The number of para-hydroxylation sites is 1. The molecule has 0 spiro atoms. The summed E-state index contributed by atoms with van der Waals surface area (Å²) in [7, 11) is 0. The normalized spacial score (nSPS) is 10.6. The zero-order chi connectivity index (χ0) is 24.3. The molecule has 0 aliphatic rings. The second kappa shape index (κ2) is 12.4. The number of rotatable bonds is 12. The molecule has 34 heavy (non-hydrogen) atoms. The van der Waals surface area contributed by atoms with Crippen LogP contribution in [-0.4, -0.2) is 39.8 Å². The van der Waals surface area contributed by atoms with Gasteiger partial charge in [-0.25, -0.2) is 14.6 Å². The predicted octanol–water partition coefficient (Wildman–Crippen LogP) is 5.34. The van der Waals surface area contributed by atoms with Crippen molar-refractivity contribution in [1.82, 2.24) is 14.9 Å². The number of hydrogen-bond donors (Lipinski definition) is 3. The Kier molecular flexibility index (Phi) is 9.08. The van der Waals surface area contributed by atoms with Gasteiger partial charge < -0.3 is 25.0 Å². The molecule has 0 aliphatic heterocycles. The first kappa shape index (κ1) is 24.8. The standard InChI is InChI=1S/C26H32N4O4/c1-3-4-8-15-27-26(33)29-22-19(2)11-9-14-21(22)34-17-10-16-30-18-28-23(25(31)32)24(30)20-12-6-5-7-13-20/h5-7,9,11-14,18H,3-4,8,10,15-17H2,1-2H3,(H,31,32)(H2,27,29,33). The van der Waals surface area contributed by atoms with Crippen molar-refractivity contribution in [3.8, 4) is 17.0 Å². The monoisotopic (exact) mass is 464 g/mol. The first-order valence-corrected chi connectivity index (χ1v) is 11.6. The van der Waals surface area contributed by atoms with Gasteiger partial charge in [0.2, 0.25) is 0 Å². The molecular formula is C26H32N4O4. The van der Waals surface area contributed by atoms with Gasteiger partial charge in [-0.1, -0.05) is 62.2 Å². The predicted molar refractivity (Wildman–Crippen MR) is 132 cm³/mol. The minimum Gasteiger partial charge on any atom is -0.491 e. The fourth-order valence-electron chi connectivity index (χ4n) is 3.68. The lowest BCUT2D eigenvalue weighted by atomic mass is 10.1. The van der Waals surface area contributed by atoms with E-state index in [1.165, 1.54) is 0 Å². The molecule has 0 saturated heterocycles. The molecule has 2 aromatic carbocycles. The molecule has 3 N–H and O–H groups in total. The van der Waals surface area contributed by atoms with Crippen LogP contribution in [-0.2, 0) is 6.54 Å². The van der Waals surface area contributed by atoms with Crippen LogP contribution in [0.3, 0.4) is 0 Å². The van der Waals surface area contributed by atoms with E-state index in [9.17, 15) is 14.7 Å². The summed E-state index contributed by atoms with van der Waals surface area (Å²) in [4.78, 5) is 28.0. The van der Waals surface area contributed by atoms with Gasteiger partial charge in [0.25, 0.3) is 0 Å². The highest BCUT2D eigenvalue weighted by Crippen LogP contribution is 2.28. The Morgan fingerprint density at radius 2 is 1.85 bits per heavy atom. The van der Waals surface area contributed by atoms with E-state index in [1.807, 2.05) is 60.0 Å². The van der Waals surface area contributed by atoms with Crippen molar-refractivity contribution in [2.75, 3.05) is 18.5 Å². The summed E-state index contributed by atoms with van der Waals surface area (Å²) < 4.78 is 7.83. The molecule has 0 aliphatic carbocycles. The Morgan fingerprint density at radius 3 is 2.59 bits per heavy atom. The summed E-state index contributed by atoms with van der Waals surface area (Å²) in [5.74, 6) is -0.457. The first-order valence-electron chi connectivity index (χ1n) is 11.6. The van der Waals surface area contributed by atoms with Gasteiger partial charge in [0.15, 0.2) is 5.69 Å². The third-order valence-electron chi connectivity index (χ3n) is 5.43. The molecule has 0 atom stereocenters. The quantitative estimate of drug-likeness (QED) is 0.314. The van der Waals surface area contributed by atoms with E-state index in [0.29, 0.717) is 43.2 Å². The molecule has 0 unspecified atom stereocenters. The molecule has 3 rings (SSSR count). The third-order valence-corrected chi connectivity index (χ3v) is 5.43. The van der Waals surface area contributed by atoms with Gasteiger partial charge in [-0.2, -0.15) is 0 Å². The second-order valence-corrected chi connectivity index (χ2v) is 8.04. The molecule has 0 radical (unpaired) electrons. The number of amides is 2. The maximum absolute atomic E-state index is 12.3. The molecule has 0 fully saturated rings. The largest absolute Gasteiger partial charge is 0.491 e. The number of unbranched alkanes of at least 4 members (excludes halogenated alkanes) is 2. The number of imidazole rings is 1. The number of aromatic nitrogens is 2. The molecule has 1 heterocycles. The van der Waals surface area contributed by atoms with Gasteiger partial charge in [-0.3, -0.25) is 0 Å². The van der Waals surface area contributed by atoms with E-state index in [-0.39, 0.29) is 11.7 Å². The molecule has 8 nitrogen and oxygen atoms in total. The average Bonchev–Trinajstić information content (AvgIpc) is 3.26. The van der Waals surface area contributed by atoms with Gasteiger partial charge >= 0.3 is 12.0 Å². The van der Waals surface area contributed by atoms with Gasteiger partial charge in [0.05, 0.1) is 24.3 Å². The van der Waals surface area contributed by atoms with Gasteiger partial charge in [-0.15, -0.1) is 0 Å². The highest BCUT2D eigenvalue weighted by molar-refractivity contribution is 5.93. The molecule has 0 saturated carbocycles. The van der Waals surface area contributed by atoms with E-state index in [1.54, 1.807) is 6.33 Å². The Hall–Kier alpha value is -3.81. The highest BCUT2D eigenvalue weighted by Gasteiger charge is 2.18. The highest BCUT2D eigenvalue weighted by atomic mass is 16.5. The van der Waals surface area contributed by atoms with Crippen molar-refractivity contribution in [2.24, 2.45) is 0 Å². The summed E-state index contributed by atoms with van der Waals surface area (Å²) in [5, 5.41) is 15.3. The number of nitrogens with one attached hydrogen (secondary N) is 2. The lowest BCUT2D eigenvalue weighted by Crippen LogP contribution is -2.30. The Morgan fingerprint density at radius 1 is 1.06 bits per heavy atom. The van der Waals surface area contributed by atoms with Crippen LogP contribution in [0.25, 0.3) is 11.3 Å². The lowest BCUT2D eigenvalue weighted by Gasteiger charge is -2.16. The number of anilines is 1. The van der Waals surface area contributed by atoms with Crippen molar-refractivity contribution in [2.45, 2.75) is 46.1 Å². The third kappa shape index (κ3) is 6.60. The van der Waals surface area contributed by atoms with E-state index >= 15 is 0 Å². The van der Waals surface area contributed by atoms with E-state index in [2.05, 4.69) is 22.5 Å². The number of hydrogen-bond acceptors (Lipinski definition) is 4. The van der Waals surface area contributed by atoms with Gasteiger partial charge in [0, 0.05) is 18.7 Å². The number of aryl methyl sites for hydroxylation is 2. The Bertz CT molecular complexity index is 1100. The number of carbonyl (C=O) groups excluding carboxylic acids is 1. The number of urea groups is 1. The van der Waals surface area contributed by atoms with Crippen molar-refractivity contribution in [3.63, 3.8) is 0 Å². The van der Waals surface area contributed by atoms with Crippen LogP contribution in [0.4, 0.5) is 10.5 Å². The van der Waals surface area contributed by atoms with Crippen molar-refractivity contribution < 1.29 is 19.4 Å². The minimum absolute atomic E-state index is 0.0298. The number of benzene rings is 2. The number of nitrogens with zero attached hydrogens (tertiary/aromatic N) is 2. The molecule has 1 aromatic heterocycles. The maximum Gasteiger partial charge on any atom is 0.356 e. The van der Waals surface area contributed by atoms with Crippen LogP contribution in [0.5, 0.6) is 5.75 Å². The van der Waals surface area contributed by atoms with Crippen LogP contribution in [0.15, 0.2) is 54.9 Å². The lowest BCUT2D eigenvalue weighted by molar-refractivity contribution is 0.0692. The van der Waals surface area contributed by atoms with Crippen molar-refractivity contribution in [1.29, 1.82) is 0 Å². The SMILES string of the molecule is CCCCCNC(=O)Nc1c(C)cccc1OCCCn1cnc(C(=O)O)c1-c1ccccc1. The fraction of sp³-hybridized carbons (Fsp3) is 0.346. The van der Waals surface area contributed by atoms with E-state index in [0.717, 1.165) is 30.4 Å². The number of carbonyl (C=O) groups is 2. The zero-order valence-corrected chi connectivity index (χ0v) is 19.7. The molecule has 0 bridgehead atoms. The topological polar surface area (TPSA) is 105 Å². The molecule has 180 valence electrons. The minimum atomic E-state index is -1.06. The Labute approximate surface area is 200 Å². The average molecular weight is 465 g/mol. The van der Waals surface area contributed by atoms with Gasteiger partial charge in [0.1, 0.15) is 5.75 Å². The summed E-state index contributed by atoms with van der Waals surface area (Å²) in [6, 6.07) is 14.8. The van der Waals surface area contributed by atoms with Crippen LogP contribution in [0.1, 0.15) is 48.7 Å². The first-order chi connectivity index (χ1) is 16.5. The maximum atomic E-state index is 12.3. The van der Waals surface area contributed by atoms with Crippen LogP contribution >= 0.6 is 0 Å². The fourth-order valence-corrected chi connectivity index (χ4v) is 3.68. The molecule has 8 heteroatoms. The number of aromatic carboxylic acids is 1. The van der Waals surface area contributed by atoms with Crippen molar-refractivity contribution in [3.05, 3.63) is 66.1 Å². The number of carboxylic acid groups (broad SMARTS) is 1. The van der Waals surface area contributed by atoms with Crippen LogP contribution in [0, 0.1) is 6.92 Å². The van der Waals surface area contributed by atoms with Crippen LogP contribution in [0.2, 0.25) is 0 Å². The summed E-state index contributed by atoms with van der Waals surface area (Å²) in [6.07, 6.45) is 5.31. The summed E-state index contributed by atoms with van der Waals surface area (Å²) in [6.45, 7) is 5.61. The smallest absolute Gasteiger partial charge is 0.356 e. The molecule has 2 amide bonds. The van der Waals surface area contributed by atoms with E-state index in [4.69, 9.17) is 4.74 Å². The van der Waals surface area contributed by atoms with E-state index < -0.39 is 5.97 Å². The molecule has 3 aromatic rings. The number of ether oxygens (including phenoxy) is 1. The summed E-state index contributed by atoms with van der Waals surface area (Å²) in [5.41, 5.74) is 2.96. The van der Waals surface area contributed by atoms with Crippen molar-refractivity contribution >= 4 is 17.7 Å². The molecular weight excluding hydrogens is 432 g/mol. The van der Waals surface area contributed by atoms with Gasteiger partial charge in [-0.05, 0) is 31.4 Å². The number of carboxylic acids is 1. The van der Waals surface area contributed by atoms with Crippen LogP contribution < -0.4 is 15.4 Å². The zero-order valence-electron chi connectivity index (χ0n) is 19.7. The Balaban J connectivity index is 1.61. The summed E-state index contributed by atoms with van der Waals surface area (Å²) >= 11 is 0.